The van der Waals surface area contributed by atoms with Crippen LogP contribution < -0.4 is 21.4 Å². The van der Waals surface area contributed by atoms with Gasteiger partial charge in [-0.3, -0.25) is 0 Å². The van der Waals surface area contributed by atoms with Crippen molar-refractivity contribution in [2.45, 2.75) is 13.1 Å². The van der Waals surface area contributed by atoms with E-state index in [2.05, 4.69) is 49.5 Å². The molecule has 0 amide bonds. The quantitative estimate of drug-likeness (QED) is 0.237. The van der Waals surface area contributed by atoms with E-state index in [0.717, 1.165) is 12.1 Å². The fourth-order valence-electron chi connectivity index (χ4n) is 4.92. The van der Waals surface area contributed by atoms with Crippen molar-refractivity contribution in [1.29, 1.82) is 15.8 Å². The van der Waals surface area contributed by atoms with Crippen LogP contribution >= 0.6 is 0 Å². The summed E-state index contributed by atoms with van der Waals surface area (Å²) in [7, 11) is 0. The van der Waals surface area contributed by atoms with Gasteiger partial charge in [-0.2, -0.15) is 18.4 Å². The van der Waals surface area contributed by atoms with Crippen molar-refractivity contribution in [2.75, 3.05) is 0 Å². The average Bonchev–Trinajstić information content (AvgIpc) is 3.72. The molecule has 0 radical (unpaired) electrons. The van der Waals surface area contributed by atoms with Crippen LogP contribution in [0.2, 0.25) is 0 Å². The minimum atomic E-state index is -4.70. The van der Waals surface area contributed by atoms with E-state index < -0.39 is 23.1 Å². The molecule has 0 saturated carbocycles. The molecule has 4 aromatic rings. The van der Waals surface area contributed by atoms with Crippen LogP contribution in [-0.4, -0.2) is 15.0 Å². The van der Waals surface area contributed by atoms with Gasteiger partial charge in [-0.1, -0.05) is 6.07 Å². The zero-order valence-corrected chi connectivity index (χ0v) is 24.5. The highest BCUT2D eigenvalue weighted by molar-refractivity contribution is 5.77. The summed E-state index contributed by atoms with van der Waals surface area (Å²) in [5, 5.41) is 29.2. The molecule has 0 aliphatic carbocycles. The first-order chi connectivity index (χ1) is 23.5. The highest BCUT2D eigenvalue weighted by Crippen LogP contribution is 2.34. The third kappa shape index (κ3) is 5.37. The van der Waals surface area contributed by atoms with Gasteiger partial charge in [0.2, 0.25) is 5.69 Å². The fraction of sp³-hybridized carbons (Fsp3) is 0.0606. The first-order valence-electron chi connectivity index (χ1n) is 13.5. The molecule has 16 heteroatoms. The molecule has 2 aliphatic heterocycles. The highest BCUT2D eigenvalue weighted by atomic mass is 19.4. The van der Waals surface area contributed by atoms with Gasteiger partial charge in [-0.05, 0) is 48.9 Å². The number of halogens is 3. The predicted molar refractivity (Wildman–Crippen MR) is 160 cm³/mol. The molecule has 0 unspecified atom stereocenters. The van der Waals surface area contributed by atoms with Crippen LogP contribution in [0.4, 0.5) is 18.9 Å². The monoisotopic (exact) mass is 645 g/mol. The molecule has 3 aromatic carbocycles. The van der Waals surface area contributed by atoms with Gasteiger partial charge in [0.25, 0.3) is 0 Å². The summed E-state index contributed by atoms with van der Waals surface area (Å²) in [6.45, 7) is 23.8. The van der Waals surface area contributed by atoms with Crippen molar-refractivity contribution in [3.05, 3.63) is 138 Å². The second-order valence-electron chi connectivity index (χ2n) is 10.0. The summed E-state index contributed by atoms with van der Waals surface area (Å²) in [6, 6.07) is 14.4. The van der Waals surface area contributed by atoms with Crippen LogP contribution in [-0.2, 0) is 6.18 Å². The molecule has 13 nitrogen and oxygen atoms in total. The lowest BCUT2D eigenvalue weighted by Crippen LogP contribution is -2.26. The number of benzene rings is 3. The number of nitriles is 3. The Hall–Kier alpha value is -7.92. The number of rotatable bonds is 3. The molecule has 0 saturated heterocycles. The molecule has 0 N–H and O–H groups in total. The Kier molecular flexibility index (Phi) is 7.47. The summed E-state index contributed by atoms with van der Waals surface area (Å²) < 4.78 is 41.5. The second-order valence-corrected chi connectivity index (χ2v) is 10.0. The predicted octanol–water partition coefficient (Wildman–Crippen LogP) is 4.35. The van der Waals surface area contributed by atoms with Crippen LogP contribution in [0.5, 0.6) is 0 Å². The van der Waals surface area contributed by atoms with Crippen LogP contribution in [0.3, 0.4) is 0 Å². The molecule has 0 spiro atoms. The zero-order valence-electron chi connectivity index (χ0n) is 24.5. The van der Waals surface area contributed by atoms with Crippen molar-refractivity contribution < 1.29 is 13.2 Å². The Labute approximate surface area is 272 Å². The van der Waals surface area contributed by atoms with Crippen molar-refractivity contribution in [1.82, 2.24) is 15.0 Å². The average molecular weight is 646 g/mol. The van der Waals surface area contributed by atoms with Gasteiger partial charge in [0.15, 0.2) is 29.1 Å². The van der Waals surface area contributed by atoms with Crippen molar-refractivity contribution in [3.8, 4) is 52.4 Å². The molecular weight excluding hydrogens is 635 g/mol. The number of alkyl halides is 3. The third-order valence-corrected chi connectivity index (χ3v) is 7.04. The first-order valence-corrected chi connectivity index (χ1v) is 13.5. The van der Waals surface area contributed by atoms with Gasteiger partial charge in [-0.25, -0.2) is 60.0 Å². The van der Waals surface area contributed by atoms with Crippen LogP contribution in [0, 0.1) is 60.6 Å². The minimum Gasteiger partial charge on any atom is -0.250 e. The summed E-state index contributed by atoms with van der Waals surface area (Å²) in [5.41, 5.74) is -1.62. The number of fused-ring (bicyclic) bond motifs is 2. The van der Waals surface area contributed by atoms with E-state index in [9.17, 15) is 29.0 Å². The maximum Gasteiger partial charge on any atom is 0.416 e. The Morgan fingerprint density at radius 1 is 0.714 bits per heavy atom. The molecule has 0 bridgehead atoms. The maximum atomic E-state index is 13.8. The third-order valence-electron chi connectivity index (χ3n) is 7.04. The molecule has 6 rings (SSSR count). The Morgan fingerprint density at radius 3 is 1.82 bits per heavy atom. The number of aromatic nitrogens is 3. The molecule has 3 heterocycles. The molecule has 49 heavy (non-hydrogen) atoms. The van der Waals surface area contributed by atoms with E-state index in [0.29, 0.717) is 0 Å². The van der Waals surface area contributed by atoms with Gasteiger partial charge < -0.3 is 0 Å². The Morgan fingerprint density at radius 2 is 1.27 bits per heavy atom. The van der Waals surface area contributed by atoms with E-state index in [1.165, 1.54) is 37.3 Å². The van der Waals surface area contributed by atoms with E-state index in [1.807, 2.05) is 6.07 Å². The summed E-state index contributed by atoms with van der Waals surface area (Å²) in [5.74, 6) is -0.959. The van der Waals surface area contributed by atoms with Crippen molar-refractivity contribution in [3.63, 3.8) is 0 Å². The Bertz CT molecular complexity index is 2600. The number of aryl methyl sites for hydroxylation is 1. The van der Waals surface area contributed by atoms with Crippen LogP contribution in [0.1, 0.15) is 16.7 Å². The standard InChI is InChI=1S/C33H10F3N13/c1-15-9-16(11-17(10-15)33(34,35)36)28-47-29(18-5-7-21-25(20(18)12-37)45-31(43-21)23(13-38)40-2)49-30(48-28)19-6-8-22-27(26(19)42-4)46-32(44-22)24(14-39)41-3/h5-11H,1H3/b31-23+,32-24-. The topological polar surface area (TPSA) is 173 Å². The molecular formula is C33H10F3N13. The summed E-state index contributed by atoms with van der Waals surface area (Å²) >= 11 is 0. The van der Waals surface area contributed by atoms with E-state index in [1.54, 1.807) is 12.1 Å². The van der Waals surface area contributed by atoms with Gasteiger partial charge in [0.1, 0.15) is 11.4 Å². The number of hydrogen-bond donors (Lipinski definition) is 0. The maximum absolute atomic E-state index is 13.8. The lowest BCUT2D eigenvalue weighted by atomic mass is 10.0. The number of nitrogens with zero attached hydrogens (tertiary/aromatic N) is 13. The second kappa shape index (κ2) is 11.8. The Balaban J connectivity index is 1.68. The minimum absolute atomic E-state index is 0.0250. The lowest BCUT2D eigenvalue weighted by Gasteiger charge is -2.13. The van der Waals surface area contributed by atoms with Crippen LogP contribution in [0.15, 0.2) is 85.5 Å². The van der Waals surface area contributed by atoms with Gasteiger partial charge >= 0.3 is 17.6 Å². The first kappa shape index (κ1) is 31.1. The van der Waals surface area contributed by atoms with Gasteiger partial charge in [0, 0.05) is 16.7 Å². The molecule has 228 valence electrons. The van der Waals surface area contributed by atoms with E-state index in [-0.39, 0.29) is 84.0 Å². The van der Waals surface area contributed by atoms with Crippen LogP contribution in [0.25, 0.3) is 48.7 Å². The van der Waals surface area contributed by atoms with Gasteiger partial charge in [0.05, 0.1) is 59.1 Å². The van der Waals surface area contributed by atoms with Crippen molar-refractivity contribution >= 4 is 5.69 Å². The fourth-order valence-corrected chi connectivity index (χ4v) is 4.92. The molecule has 0 atom stereocenters. The molecule has 1 aromatic heterocycles. The van der Waals surface area contributed by atoms with E-state index >= 15 is 0 Å². The smallest absolute Gasteiger partial charge is 0.250 e. The highest BCUT2D eigenvalue weighted by Gasteiger charge is 2.31. The molecule has 2 aliphatic rings. The summed E-state index contributed by atoms with van der Waals surface area (Å²) in [6.07, 6.45) is -4.70. The summed E-state index contributed by atoms with van der Waals surface area (Å²) in [4.78, 5) is 40.0. The zero-order chi connectivity index (χ0) is 35.0. The van der Waals surface area contributed by atoms with E-state index in [4.69, 9.17) is 19.7 Å². The number of hydrogen-bond acceptors (Lipinski definition) is 10. The SMILES string of the molecule is [C-]#[N+]/C(C#N)=C1/N=c2ccc(-c3nc(-c4cc(C)cc(C(F)(F)F)c4)nc(-c4ccc5c(c4C#N)=N/C(=C(\C#N)[N+]#[C-])N=5)n3)c([N+]#[C-])c2=N1. The van der Waals surface area contributed by atoms with Gasteiger partial charge in [-0.15, -0.1) is 0 Å². The lowest BCUT2D eigenvalue weighted by molar-refractivity contribution is -0.137. The largest absolute Gasteiger partial charge is 0.416 e. The van der Waals surface area contributed by atoms with Crippen molar-refractivity contribution in [2.24, 2.45) is 20.0 Å². The molecule has 0 fully saturated rings. The number of allylic oxidation sites excluding steroid dienone is 2. The normalized spacial score (nSPS) is 14.3.